The van der Waals surface area contributed by atoms with Gasteiger partial charge in [0.15, 0.2) is 0 Å². The fourth-order valence-corrected chi connectivity index (χ4v) is 2.20. The molecule has 2 rings (SSSR count). The lowest BCUT2D eigenvalue weighted by molar-refractivity contribution is 0.386. The molecule has 0 saturated carbocycles. The number of thioether (sulfide) groups is 1. The Morgan fingerprint density at radius 3 is 3.21 bits per heavy atom. The van der Waals surface area contributed by atoms with Crippen molar-refractivity contribution in [1.29, 1.82) is 0 Å². The van der Waals surface area contributed by atoms with Crippen LogP contribution in [0.3, 0.4) is 0 Å². The van der Waals surface area contributed by atoms with Gasteiger partial charge in [0, 0.05) is 11.6 Å². The van der Waals surface area contributed by atoms with Gasteiger partial charge in [0.2, 0.25) is 11.8 Å². The van der Waals surface area contributed by atoms with Crippen LogP contribution in [0.4, 0.5) is 0 Å². The van der Waals surface area contributed by atoms with Crippen LogP contribution in [0.25, 0.3) is 0 Å². The molecule has 1 aromatic heterocycles. The van der Waals surface area contributed by atoms with Gasteiger partial charge >= 0.3 is 0 Å². The lowest BCUT2D eigenvalue weighted by Gasteiger charge is -2.03. The Hall–Kier alpha value is -0.590. The molecule has 1 aliphatic rings. The third-order valence-electron chi connectivity index (χ3n) is 2.23. The van der Waals surface area contributed by atoms with Crippen molar-refractivity contribution in [3.63, 3.8) is 0 Å². The molecule has 0 aliphatic carbocycles. The van der Waals surface area contributed by atoms with Crippen molar-refractivity contribution in [1.82, 2.24) is 15.5 Å². The van der Waals surface area contributed by atoms with Crippen molar-refractivity contribution in [3.8, 4) is 0 Å². The predicted molar refractivity (Wildman–Crippen MR) is 54.7 cm³/mol. The average molecular weight is 214 g/mol. The first-order valence-corrected chi connectivity index (χ1v) is 5.86. The van der Waals surface area contributed by atoms with Crippen molar-refractivity contribution >= 4 is 11.8 Å². The van der Waals surface area contributed by atoms with Gasteiger partial charge in [-0.15, -0.1) is 22.0 Å². The Morgan fingerprint density at radius 2 is 2.57 bits per heavy atom. The molecule has 0 aromatic carbocycles. The number of rotatable bonds is 3. The van der Waals surface area contributed by atoms with Gasteiger partial charge in [-0.2, -0.15) is 0 Å². The summed E-state index contributed by atoms with van der Waals surface area (Å²) in [5, 5.41) is 11.2. The smallest absolute Gasteiger partial charge is 0.234 e. The van der Waals surface area contributed by atoms with E-state index in [2.05, 4.69) is 15.5 Å². The van der Waals surface area contributed by atoms with Crippen LogP contribution in [-0.2, 0) is 0 Å². The van der Waals surface area contributed by atoms with Gasteiger partial charge in [0.05, 0.1) is 12.1 Å². The molecule has 1 aliphatic heterocycles. The van der Waals surface area contributed by atoms with Gasteiger partial charge < -0.3 is 10.2 Å². The highest BCUT2D eigenvalue weighted by atomic mass is 32.2. The number of hydrogen-bond donors (Lipinski definition) is 2. The number of nitrogens with one attached hydrogen (secondary N) is 1. The van der Waals surface area contributed by atoms with Gasteiger partial charge in [-0.1, -0.05) is 6.92 Å². The molecule has 0 bridgehead atoms. The molecule has 0 radical (unpaired) electrons. The van der Waals surface area contributed by atoms with Crippen LogP contribution >= 0.6 is 11.8 Å². The molecule has 2 heterocycles. The monoisotopic (exact) mass is 214 g/mol. The number of nitrogens with two attached hydrogens (primary N) is 1. The topological polar surface area (TPSA) is 77.0 Å². The molecule has 78 valence electrons. The quantitative estimate of drug-likeness (QED) is 0.775. The molecule has 1 saturated heterocycles. The molecule has 3 N–H and O–H groups in total. The molecule has 1 fully saturated rings. The SMILES string of the molecule is CC[C@@H](N)c1nnc([C@@H]2CSCN2)o1. The van der Waals surface area contributed by atoms with Gasteiger partial charge in [-0.3, -0.25) is 5.32 Å². The van der Waals surface area contributed by atoms with Crippen LogP contribution < -0.4 is 11.1 Å². The minimum absolute atomic E-state index is 0.134. The highest BCUT2D eigenvalue weighted by Crippen LogP contribution is 2.24. The number of hydrogen-bond acceptors (Lipinski definition) is 6. The van der Waals surface area contributed by atoms with Gasteiger partial charge in [-0.05, 0) is 6.42 Å². The summed E-state index contributed by atoms with van der Waals surface area (Å²) in [4.78, 5) is 0. The number of aromatic nitrogens is 2. The fraction of sp³-hybridized carbons (Fsp3) is 0.750. The molecule has 0 unspecified atom stereocenters. The maximum absolute atomic E-state index is 5.78. The lowest BCUT2D eigenvalue weighted by atomic mass is 10.2. The van der Waals surface area contributed by atoms with E-state index in [9.17, 15) is 0 Å². The van der Waals surface area contributed by atoms with Crippen LogP contribution in [-0.4, -0.2) is 21.8 Å². The zero-order chi connectivity index (χ0) is 9.97. The van der Waals surface area contributed by atoms with E-state index < -0.39 is 0 Å². The summed E-state index contributed by atoms with van der Waals surface area (Å²) >= 11 is 1.83. The third kappa shape index (κ3) is 1.92. The van der Waals surface area contributed by atoms with E-state index in [0.717, 1.165) is 18.1 Å². The van der Waals surface area contributed by atoms with Crippen LogP contribution in [0.5, 0.6) is 0 Å². The second kappa shape index (κ2) is 4.29. The van der Waals surface area contributed by atoms with E-state index in [1.54, 1.807) is 0 Å². The van der Waals surface area contributed by atoms with E-state index in [1.165, 1.54) is 0 Å². The maximum atomic E-state index is 5.78. The standard InChI is InChI=1S/C8H14N4OS/c1-2-5(9)7-11-12-8(13-7)6-3-14-4-10-6/h5-6,10H,2-4,9H2,1H3/t5-,6+/m1/s1. The predicted octanol–water partition coefficient (Wildman–Crippen LogP) is 0.814. The van der Waals surface area contributed by atoms with Crippen LogP contribution in [0.2, 0.25) is 0 Å². The van der Waals surface area contributed by atoms with E-state index >= 15 is 0 Å². The maximum Gasteiger partial charge on any atom is 0.234 e. The van der Waals surface area contributed by atoms with E-state index in [-0.39, 0.29) is 12.1 Å². The summed E-state index contributed by atoms with van der Waals surface area (Å²) in [6, 6.07) is 0.0654. The molecule has 0 amide bonds. The normalized spacial score (nSPS) is 24.0. The zero-order valence-electron chi connectivity index (χ0n) is 8.06. The minimum atomic E-state index is -0.134. The summed E-state index contributed by atoms with van der Waals surface area (Å²) in [5.74, 6) is 3.14. The van der Waals surface area contributed by atoms with Crippen LogP contribution in [0.1, 0.15) is 37.2 Å². The largest absolute Gasteiger partial charge is 0.422 e. The zero-order valence-corrected chi connectivity index (χ0v) is 8.88. The Bertz CT molecular complexity index is 297. The first-order valence-electron chi connectivity index (χ1n) is 4.71. The van der Waals surface area contributed by atoms with Gasteiger partial charge in [0.25, 0.3) is 0 Å². The molecule has 1 aromatic rings. The summed E-state index contributed by atoms with van der Waals surface area (Å²) in [5.41, 5.74) is 5.78. The van der Waals surface area contributed by atoms with Crippen molar-refractivity contribution in [2.24, 2.45) is 5.73 Å². The molecular formula is C8H14N4OS. The minimum Gasteiger partial charge on any atom is -0.422 e. The molecule has 2 atom stereocenters. The second-order valence-corrected chi connectivity index (χ2v) is 4.30. The molecule has 0 spiro atoms. The molecule has 6 heteroatoms. The Morgan fingerprint density at radius 1 is 1.71 bits per heavy atom. The van der Waals surface area contributed by atoms with E-state index in [4.69, 9.17) is 10.2 Å². The lowest BCUT2D eigenvalue weighted by Crippen LogP contribution is -2.14. The highest BCUT2D eigenvalue weighted by Gasteiger charge is 2.23. The summed E-state index contributed by atoms with van der Waals surface area (Å²) < 4.78 is 5.50. The van der Waals surface area contributed by atoms with Crippen molar-refractivity contribution in [2.75, 3.05) is 11.6 Å². The first kappa shape index (κ1) is 9.95. The fourth-order valence-electron chi connectivity index (χ4n) is 1.27. The Labute approximate surface area is 86.8 Å². The van der Waals surface area contributed by atoms with Crippen LogP contribution in [0.15, 0.2) is 4.42 Å². The van der Waals surface area contributed by atoms with Crippen molar-refractivity contribution in [3.05, 3.63) is 11.8 Å². The number of nitrogens with zero attached hydrogens (tertiary/aromatic N) is 2. The summed E-state index contributed by atoms with van der Waals surface area (Å²) in [6.45, 7) is 2.00. The van der Waals surface area contributed by atoms with Crippen molar-refractivity contribution < 1.29 is 4.42 Å². The van der Waals surface area contributed by atoms with E-state index in [1.807, 2.05) is 18.7 Å². The van der Waals surface area contributed by atoms with Crippen LogP contribution in [0, 0.1) is 0 Å². The molecular weight excluding hydrogens is 200 g/mol. The highest BCUT2D eigenvalue weighted by molar-refractivity contribution is 7.99. The Balaban J connectivity index is 2.08. The summed E-state index contributed by atoms with van der Waals surface area (Å²) in [6.07, 6.45) is 0.814. The van der Waals surface area contributed by atoms with Crippen molar-refractivity contribution in [2.45, 2.75) is 25.4 Å². The third-order valence-corrected chi connectivity index (χ3v) is 3.17. The van der Waals surface area contributed by atoms with Gasteiger partial charge in [0.1, 0.15) is 0 Å². The summed E-state index contributed by atoms with van der Waals surface area (Å²) in [7, 11) is 0. The van der Waals surface area contributed by atoms with E-state index in [0.29, 0.717) is 11.8 Å². The Kier molecular flexibility index (Phi) is 3.05. The second-order valence-electron chi connectivity index (χ2n) is 3.27. The van der Waals surface area contributed by atoms with Gasteiger partial charge in [-0.25, -0.2) is 0 Å². The molecule has 5 nitrogen and oxygen atoms in total. The average Bonchev–Trinajstić information content (AvgIpc) is 2.86. The molecule has 14 heavy (non-hydrogen) atoms. The first-order chi connectivity index (χ1) is 6.81.